The Hall–Kier alpha value is -0.240. The lowest BCUT2D eigenvalue weighted by Crippen LogP contribution is -2.77. The number of aliphatic hydroxyl groups is 5. The molecule has 6 heteroatoms. The number of hydrogen-bond donors (Lipinski definition) is 5. The molecule has 1 saturated heterocycles. The van der Waals surface area contributed by atoms with Crippen molar-refractivity contribution in [3.63, 3.8) is 0 Å². The Morgan fingerprint density at radius 2 is 1.69 bits per heavy atom. The number of ether oxygens (including phenoxy) is 1. The van der Waals surface area contributed by atoms with Crippen LogP contribution in [-0.2, 0) is 4.74 Å². The Labute approximate surface area is 154 Å². The van der Waals surface area contributed by atoms with Crippen molar-refractivity contribution in [1.29, 1.82) is 0 Å². The van der Waals surface area contributed by atoms with E-state index in [0.29, 0.717) is 6.42 Å². The van der Waals surface area contributed by atoms with Gasteiger partial charge in [-0.05, 0) is 31.6 Å². The first kappa shape index (κ1) is 17.8. The Bertz CT molecular complexity index is 698. The SMILES string of the molecule is CC(C)[C@@]1(O)[C@H](O)[C@@H]2[C@@]3(O)[C@@H]4OC(O)(C[C@]2(C)[C@@]2(O)CC[C@@H](C)[C@@H]42)[C@]31C. The first-order valence-electron chi connectivity index (χ1n) is 10.0. The van der Waals surface area contributed by atoms with Crippen LogP contribution in [-0.4, -0.2) is 60.3 Å². The zero-order valence-electron chi connectivity index (χ0n) is 16.2. The molecule has 5 aliphatic rings. The van der Waals surface area contributed by atoms with Crippen LogP contribution >= 0.6 is 0 Å². The lowest BCUT2D eigenvalue weighted by atomic mass is 9.41. The van der Waals surface area contributed by atoms with Gasteiger partial charge in [-0.2, -0.15) is 0 Å². The normalized spacial score (nSPS) is 71.0. The molecule has 0 aromatic carbocycles. The number of hydrogen-bond acceptors (Lipinski definition) is 6. The molecule has 0 spiro atoms. The third-order valence-corrected chi connectivity index (χ3v) is 10.0. The standard InChI is InChI=1S/C20H32O6/c1-9(2)19(24)13(21)12-15(4)8-18(23)16(19,5)20(12,25)14(26-18)11-10(3)6-7-17(11,15)22/h9-14,21-25H,6-8H2,1-5H3/t10-,11+,12+,13-,14-,15+,16+,17-,18?,19-,20-/m1/s1. The second-order valence-electron chi connectivity index (χ2n) is 10.7. The van der Waals surface area contributed by atoms with E-state index in [1.165, 1.54) is 0 Å². The molecule has 4 saturated carbocycles. The number of fused-ring (bicyclic) bond motifs is 3. The van der Waals surface area contributed by atoms with Crippen molar-refractivity contribution < 1.29 is 30.3 Å². The second-order valence-corrected chi connectivity index (χ2v) is 10.7. The topological polar surface area (TPSA) is 110 Å². The molecule has 0 aromatic rings. The molecule has 11 atom stereocenters. The molecule has 6 nitrogen and oxygen atoms in total. The molecule has 1 heterocycles. The van der Waals surface area contributed by atoms with Crippen molar-refractivity contribution in [3.05, 3.63) is 0 Å². The van der Waals surface area contributed by atoms with Crippen molar-refractivity contribution in [2.24, 2.45) is 34.5 Å². The first-order valence-corrected chi connectivity index (χ1v) is 10.0. The minimum atomic E-state index is -1.80. The quantitative estimate of drug-likeness (QED) is 0.458. The van der Waals surface area contributed by atoms with Crippen molar-refractivity contribution in [3.8, 4) is 0 Å². The van der Waals surface area contributed by atoms with Crippen molar-refractivity contribution >= 4 is 0 Å². The van der Waals surface area contributed by atoms with Gasteiger partial charge in [0, 0.05) is 23.7 Å². The molecule has 1 aliphatic heterocycles. The van der Waals surface area contributed by atoms with E-state index in [-0.39, 0.29) is 18.3 Å². The molecular formula is C20H32O6. The fraction of sp³-hybridized carbons (Fsp3) is 1.00. The summed E-state index contributed by atoms with van der Waals surface area (Å²) in [5.74, 6) is -3.16. The predicted octanol–water partition coefficient (Wildman–Crippen LogP) is 0.390. The molecule has 0 radical (unpaired) electrons. The molecule has 1 unspecified atom stereocenters. The van der Waals surface area contributed by atoms with E-state index in [4.69, 9.17) is 4.74 Å². The molecule has 148 valence electrons. The minimum absolute atomic E-state index is 0.103. The summed E-state index contributed by atoms with van der Waals surface area (Å²) in [6.45, 7) is 9.17. The van der Waals surface area contributed by atoms with Gasteiger partial charge in [-0.3, -0.25) is 0 Å². The smallest absolute Gasteiger partial charge is 0.177 e. The Balaban J connectivity index is 1.87. The molecule has 5 N–H and O–H groups in total. The van der Waals surface area contributed by atoms with Gasteiger partial charge in [-0.25, -0.2) is 0 Å². The lowest BCUT2D eigenvalue weighted by Gasteiger charge is -2.64. The van der Waals surface area contributed by atoms with Crippen molar-refractivity contribution in [1.82, 2.24) is 0 Å². The minimum Gasteiger partial charge on any atom is -0.390 e. The molecule has 26 heavy (non-hydrogen) atoms. The van der Waals surface area contributed by atoms with E-state index >= 15 is 0 Å². The molecular weight excluding hydrogens is 336 g/mol. The van der Waals surface area contributed by atoms with Gasteiger partial charge in [-0.1, -0.05) is 27.7 Å². The highest BCUT2D eigenvalue weighted by molar-refractivity contribution is 5.42. The molecule has 4 aliphatic carbocycles. The van der Waals surface area contributed by atoms with Gasteiger partial charge in [0.15, 0.2) is 5.79 Å². The zero-order valence-corrected chi connectivity index (χ0v) is 16.2. The highest BCUT2D eigenvalue weighted by Gasteiger charge is 2.96. The van der Waals surface area contributed by atoms with Crippen molar-refractivity contribution in [2.75, 3.05) is 0 Å². The number of aliphatic hydroxyl groups excluding tert-OH is 1. The van der Waals surface area contributed by atoms with Gasteiger partial charge in [0.1, 0.15) is 11.2 Å². The van der Waals surface area contributed by atoms with Crippen LogP contribution < -0.4 is 0 Å². The van der Waals surface area contributed by atoms with Gasteiger partial charge in [0.05, 0.1) is 23.2 Å². The number of rotatable bonds is 1. The van der Waals surface area contributed by atoms with E-state index in [1.54, 1.807) is 20.8 Å². The summed E-state index contributed by atoms with van der Waals surface area (Å²) in [6.07, 6.45) is -0.571. The monoisotopic (exact) mass is 368 g/mol. The van der Waals surface area contributed by atoms with Crippen LogP contribution in [0.1, 0.15) is 53.9 Å². The van der Waals surface area contributed by atoms with Gasteiger partial charge >= 0.3 is 0 Å². The van der Waals surface area contributed by atoms with Crippen molar-refractivity contribution in [2.45, 2.75) is 88.7 Å². The van der Waals surface area contributed by atoms with Crippen LogP contribution in [0.3, 0.4) is 0 Å². The average Bonchev–Trinajstić information content (AvgIpc) is 2.91. The second kappa shape index (κ2) is 4.19. The van der Waals surface area contributed by atoms with Gasteiger partial charge in [0.25, 0.3) is 0 Å². The summed E-state index contributed by atoms with van der Waals surface area (Å²) < 4.78 is 6.19. The van der Waals surface area contributed by atoms with Crippen LogP contribution in [0, 0.1) is 34.5 Å². The molecule has 5 rings (SSSR count). The largest absolute Gasteiger partial charge is 0.390 e. The maximum absolute atomic E-state index is 12.1. The van der Waals surface area contributed by atoms with Gasteiger partial charge in [0.2, 0.25) is 0 Å². The molecule has 5 fully saturated rings. The third-order valence-electron chi connectivity index (χ3n) is 10.0. The lowest BCUT2D eigenvalue weighted by molar-refractivity contribution is -0.320. The molecule has 0 aromatic heterocycles. The average molecular weight is 368 g/mol. The van der Waals surface area contributed by atoms with Crippen LogP contribution in [0.5, 0.6) is 0 Å². The van der Waals surface area contributed by atoms with E-state index in [0.717, 1.165) is 6.42 Å². The summed E-state index contributed by atoms with van der Waals surface area (Å²) in [4.78, 5) is 0. The third kappa shape index (κ3) is 1.21. The van der Waals surface area contributed by atoms with E-state index in [9.17, 15) is 25.5 Å². The summed E-state index contributed by atoms with van der Waals surface area (Å²) in [5.41, 5.74) is -6.83. The predicted molar refractivity (Wildman–Crippen MR) is 91.7 cm³/mol. The van der Waals surface area contributed by atoms with E-state index < -0.39 is 57.5 Å². The highest BCUT2D eigenvalue weighted by Crippen LogP contribution is 2.83. The maximum atomic E-state index is 12.1. The van der Waals surface area contributed by atoms with E-state index in [2.05, 4.69) is 6.92 Å². The Morgan fingerprint density at radius 3 is 2.27 bits per heavy atom. The van der Waals surface area contributed by atoms with Crippen LogP contribution in [0.15, 0.2) is 0 Å². The molecule has 0 amide bonds. The fourth-order valence-corrected chi connectivity index (χ4v) is 8.76. The van der Waals surface area contributed by atoms with Gasteiger partial charge < -0.3 is 30.3 Å². The van der Waals surface area contributed by atoms with Crippen LogP contribution in [0.25, 0.3) is 0 Å². The fourth-order valence-electron chi connectivity index (χ4n) is 8.76. The maximum Gasteiger partial charge on any atom is 0.177 e. The highest BCUT2D eigenvalue weighted by atomic mass is 16.7. The van der Waals surface area contributed by atoms with E-state index in [1.807, 2.05) is 6.92 Å². The Morgan fingerprint density at radius 1 is 1.08 bits per heavy atom. The summed E-state index contributed by atoms with van der Waals surface area (Å²) in [6, 6.07) is 0. The van der Waals surface area contributed by atoms with Crippen LogP contribution in [0.2, 0.25) is 0 Å². The summed E-state index contributed by atoms with van der Waals surface area (Å²) in [7, 11) is 0. The summed E-state index contributed by atoms with van der Waals surface area (Å²) in [5, 5.41) is 58.7. The summed E-state index contributed by atoms with van der Waals surface area (Å²) >= 11 is 0. The first-order chi connectivity index (χ1) is 11.8. The van der Waals surface area contributed by atoms with Crippen LogP contribution in [0.4, 0.5) is 0 Å². The van der Waals surface area contributed by atoms with Gasteiger partial charge in [-0.15, -0.1) is 0 Å². The Kier molecular flexibility index (Phi) is 2.87. The molecule has 5 bridgehead atoms. The zero-order chi connectivity index (χ0) is 19.3.